The van der Waals surface area contributed by atoms with Gasteiger partial charge >= 0.3 is 0 Å². The third kappa shape index (κ3) is 5.82. The summed E-state index contributed by atoms with van der Waals surface area (Å²) in [4.78, 5) is 0.106. The summed E-state index contributed by atoms with van der Waals surface area (Å²) in [5, 5.41) is 9.87. The second-order valence-electron chi connectivity index (χ2n) is 9.70. The molecule has 11 heteroatoms. The van der Waals surface area contributed by atoms with Crippen molar-refractivity contribution in [1.29, 1.82) is 0 Å². The largest absolute Gasteiger partial charge is 0.496 e. The molecule has 0 amide bonds. The van der Waals surface area contributed by atoms with E-state index in [0.29, 0.717) is 11.3 Å². The number of ether oxygens (including phenoxy) is 2. The Balaban J connectivity index is 1.80. The molecule has 4 rings (SSSR count). The van der Waals surface area contributed by atoms with Crippen molar-refractivity contribution < 1.29 is 31.4 Å². The van der Waals surface area contributed by atoms with Crippen LogP contribution in [0.5, 0.6) is 11.5 Å². The summed E-state index contributed by atoms with van der Waals surface area (Å²) in [6, 6.07) is 19.6. The molecule has 3 atom stereocenters. The second-order valence-corrected chi connectivity index (χ2v) is 13.6. The molecule has 210 valence electrons. The van der Waals surface area contributed by atoms with Gasteiger partial charge in [-0.05, 0) is 42.8 Å². The number of rotatable bonds is 8. The summed E-state index contributed by atoms with van der Waals surface area (Å²) in [5.74, 6) is 0.307. The number of benzene rings is 3. The van der Waals surface area contributed by atoms with Gasteiger partial charge < -0.3 is 14.6 Å². The molecular weight excluding hydrogens is 540 g/mol. The van der Waals surface area contributed by atoms with Crippen LogP contribution in [0, 0.1) is 5.92 Å². The Hall–Kier alpha value is -2.96. The van der Waals surface area contributed by atoms with Crippen LogP contribution in [-0.4, -0.2) is 76.6 Å². The summed E-state index contributed by atoms with van der Waals surface area (Å²) in [6.45, 7) is 3.11. The fraction of sp³-hybridized carbons (Fsp3) is 0.357. The van der Waals surface area contributed by atoms with Gasteiger partial charge in [-0.3, -0.25) is 0 Å². The topological polar surface area (TPSA) is 113 Å². The van der Waals surface area contributed by atoms with Crippen LogP contribution in [0.25, 0.3) is 11.1 Å². The van der Waals surface area contributed by atoms with Crippen molar-refractivity contribution >= 4 is 20.0 Å². The van der Waals surface area contributed by atoms with E-state index in [4.69, 9.17) is 9.47 Å². The first-order valence-corrected chi connectivity index (χ1v) is 15.5. The highest BCUT2D eigenvalue weighted by Crippen LogP contribution is 2.38. The Morgan fingerprint density at radius 2 is 1.77 bits per heavy atom. The lowest BCUT2D eigenvalue weighted by molar-refractivity contribution is 0.0905. The minimum absolute atomic E-state index is 0.0158. The van der Waals surface area contributed by atoms with Gasteiger partial charge in [0.05, 0.1) is 25.2 Å². The standard InChI is InChI=1S/C28H34N2O7S2/c1-20-17-30(21(2)19-31)39(34,35)28-15-14-22(24-12-8-9-13-25(24)36-4)16-26(28)37-27(20)18-29(3)38(32,33)23-10-6-5-7-11-23/h5-16,20-21,27,31H,17-19H2,1-4H3/t20-,21-,27+/m0/s1. The Kier molecular flexibility index (Phi) is 8.67. The minimum Gasteiger partial charge on any atom is -0.496 e. The van der Waals surface area contributed by atoms with Gasteiger partial charge in [-0.25, -0.2) is 16.8 Å². The average Bonchev–Trinajstić information content (AvgIpc) is 2.94. The fourth-order valence-corrected chi connectivity index (χ4v) is 7.65. The summed E-state index contributed by atoms with van der Waals surface area (Å²) in [5.41, 5.74) is 1.43. The monoisotopic (exact) mass is 574 g/mol. The molecule has 0 aromatic heterocycles. The zero-order valence-electron chi connectivity index (χ0n) is 22.4. The SMILES string of the molecule is COc1ccccc1-c1ccc2c(c1)O[C@H](CN(C)S(=O)(=O)c1ccccc1)[C@@H](C)CN([C@@H](C)CO)S2(=O)=O. The zero-order valence-corrected chi connectivity index (χ0v) is 24.0. The number of methoxy groups -OCH3 is 1. The van der Waals surface area contributed by atoms with Gasteiger partial charge in [0.15, 0.2) is 0 Å². The maximum atomic E-state index is 13.8. The molecule has 1 aliphatic rings. The molecule has 0 saturated heterocycles. The first kappa shape index (κ1) is 29.0. The van der Waals surface area contributed by atoms with Crippen molar-refractivity contribution in [3.05, 3.63) is 72.8 Å². The summed E-state index contributed by atoms with van der Waals surface area (Å²) in [6.07, 6.45) is -0.691. The van der Waals surface area contributed by atoms with E-state index in [1.54, 1.807) is 44.4 Å². The third-order valence-corrected chi connectivity index (χ3v) is 10.8. The third-order valence-electron chi connectivity index (χ3n) is 6.97. The first-order chi connectivity index (χ1) is 18.5. The van der Waals surface area contributed by atoms with Gasteiger partial charge in [0.1, 0.15) is 22.5 Å². The molecule has 1 heterocycles. The van der Waals surface area contributed by atoms with Crippen LogP contribution in [0.3, 0.4) is 0 Å². The average molecular weight is 575 g/mol. The molecule has 1 N–H and O–H groups in total. The number of hydrogen-bond acceptors (Lipinski definition) is 7. The molecule has 0 bridgehead atoms. The predicted molar refractivity (Wildman–Crippen MR) is 149 cm³/mol. The summed E-state index contributed by atoms with van der Waals surface area (Å²) < 4.78 is 68.4. The molecule has 39 heavy (non-hydrogen) atoms. The van der Waals surface area contributed by atoms with E-state index in [0.717, 1.165) is 5.56 Å². The van der Waals surface area contributed by atoms with Crippen LogP contribution in [0.15, 0.2) is 82.6 Å². The number of aliphatic hydroxyl groups excluding tert-OH is 1. The lowest BCUT2D eigenvalue weighted by Gasteiger charge is -2.37. The minimum atomic E-state index is -4.04. The van der Waals surface area contributed by atoms with Gasteiger partial charge in [0.2, 0.25) is 20.0 Å². The van der Waals surface area contributed by atoms with Gasteiger partial charge in [-0.1, -0.05) is 49.4 Å². The molecule has 3 aromatic carbocycles. The molecule has 0 radical (unpaired) electrons. The fourth-order valence-electron chi connectivity index (χ4n) is 4.62. The number of fused-ring (bicyclic) bond motifs is 1. The number of nitrogens with zero attached hydrogens (tertiary/aromatic N) is 2. The van der Waals surface area contributed by atoms with Crippen LogP contribution in [-0.2, 0) is 20.0 Å². The molecule has 9 nitrogen and oxygen atoms in total. The second kappa shape index (κ2) is 11.6. The molecular formula is C28H34N2O7S2. The van der Waals surface area contributed by atoms with E-state index >= 15 is 0 Å². The van der Waals surface area contributed by atoms with E-state index in [1.165, 1.54) is 33.9 Å². The molecule has 0 spiro atoms. The number of para-hydroxylation sites is 1. The number of likely N-dealkylation sites (N-methyl/N-ethyl adjacent to an activating group) is 1. The van der Waals surface area contributed by atoms with Gasteiger partial charge in [-0.2, -0.15) is 8.61 Å². The molecule has 0 unspecified atom stereocenters. The number of aliphatic hydroxyl groups is 1. The number of sulfonamides is 2. The van der Waals surface area contributed by atoms with E-state index in [2.05, 4.69) is 0 Å². The highest BCUT2D eigenvalue weighted by atomic mass is 32.2. The quantitative estimate of drug-likeness (QED) is 0.438. The van der Waals surface area contributed by atoms with E-state index in [1.807, 2.05) is 31.2 Å². The van der Waals surface area contributed by atoms with Crippen molar-refractivity contribution in [2.24, 2.45) is 5.92 Å². The Bertz CT molecular complexity index is 1510. The van der Waals surface area contributed by atoms with E-state index < -0.39 is 38.1 Å². The van der Waals surface area contributed by atoms with Gasteiger partial charge in [0, 0.05) is 31.1 Å². The van der Waals surface area contributed by atoms with Crippen molar-refractivity contribution in [1.82, 2.24) is 8.61 Å². The van der Waals surface area contributed by atoms with Crippen LogP contribution < -0.4 is 9.47 Å². The maximum absolute atomic E-state index is 13.8. The molecule has 1 aliphatic heterocycles. The van der Waals surface area contributed by atoms with Crippen molar-refractivity contribution in [3.8, 4) is 22.6 Å². The predicted octanol–water partition coefficient (Wildman–Crippen LogP) is 3.45. The van der Waals surface area contributed by atoms with Crippen molar-refractivity contribution in [3.63, 3.8) is 0 Å². The first-order valence-electron chi connectivity index (χ1n) is 12.6. The Labute approximate surface area is 230 Å². The van der Waals surface area contributed by atoms with Crippen LogP contribution >= 0.6 is 0 Å². The van der Waals surface area contributed by atoms with Crippen LogP contribution in [0.4, 0.5) is 0 Å². The van der Waals surface area contributed by atoms with Crippen LogP contribution in [0.2, 0.25) is 0 Å². The van der Waals surface area contributed by atoms with Crippen LogP contribution in [0.1, 0.15) is 13.8 Å². The molecule has 0 fully saturated rings. The molecule has 0 aliphatic carbocycles. The smallest absolute Gasteiger partial charge is 0.247 e. The maximum Gasteiger partial charge on any atom is 0.247 e. The normalized spacial score (nSPS) is 20.4. The highest BCUT2D eigenvalue weighted by molar-refractivity contribution is 7.89. The van der Waals surface area contributed by atoms with E-state index in [-0.39, 0.29) is 35.2 Å². The Morgan fingerprint density at radius 1 is 1.10 bits per heavy atom. The summed E-state index contributed by atoms with van der Waals surface area (Å²) >= 11 is 0. The zero-order chi connectivity index (χ0) is 28.4. The lowest BCUT2D eigenvalue weighted by Crippen LogP contribution is -2.50. The summed E-state index contributed by atoms with van der Waals surface area (Å²) in [7, 11) is -4.81. The van der Waals surface area contributed by atoms with Crippen molar-refractivity contribution in [2.75, 3.05) is 33.9 Å². The lowest BCUT2D eigenvalue weighted by atomic mass is 10.0. The molecule has 0 saturated carbocycles. The Morgan fingerprint density at radius 3 is 2.44 bits per heavy atom. The van der Waals surface area contributed by atoms with Crippen molar-refractivity contribution in [2.45, 2.75) is 35.8 Å². The molecule has 3 aromatic rings. The number of hydrogen-bond donors (Lipinski definition) is 1. The van der Waals surface area contributed by atoms with Gasteiger partial charge in [0.25, 0.3) is 0 Å². The van der Waals surface area contributed by atoms with Gasteiger partial charge in [-0.15, -0.1) is 0 Å². The highest BCUT2D eigenvalue weighted by Gasteiger charge is 2.39. The van der Waals surface area contributed by atoms with E-state index in [9.17, 15) is 21.9 Å².